The molecule has 0 fully saturated rings. The number of benzene rings is 2. The topological polar surface area (TPSA) is 41.6 Å². The van der Waals surface area contributed by atoms with Gasteiger partial charge >= 0.3 is 0 Å². The van der Waals surface area contributed by atoms with Crippen LogP contribution in [-0.4, -0.2) is 31.0 Å². The molecular weight excluding hydrogens is 312 g/mol. The molecule has 1 aliphatic rings. The highest BCUT2D eigenvalue weighted by Crippen LogP contribution is 2.15. The summed E-state index contributed by atoms with van der Waals surface area (Å²) in [5.74, 6) is 0.836. The zero-order valence-corrected chi connectivity index (χ0v) is 14.6. The lowest BCUT2D eigenvalue weighted by Crippen LogP contribution is -2.33. The van der Waals surface area contributed by atoms with Crippen LogP contribution in [0.5, 0.6) is 5.75 Å². The molecule has 25 heavy (non-hydrogen) atoms. The summed E-state index contributed by atoms with van der Waals surface area (Å²) in [6, 6.07) is 18.2. The van der Waals surface area contributed by atoms with Crippen molar-refractivity contribution in [1.82, 2.24) is 10.2 Å². The number of nitrogens with zero attached hydrogens (tertiary/aromatic N) is 1. The molecule has 0 saturated heterocycles. The lowest BCUT2D eigenvalue weighted by Gasteiger charge is -2.26. The van der Waals surface area contributed by atoms with Gasteiger partial charge in [-0.1, -0.05) is 48.5 Å². The van der Waals surface area contributed by atoms with Gasteiger partial charge in [-0.15, -0.1) is 0 Å². The molecule has 0 atom stereocenters. The van der Waals surface area contributed by atoms with Crippen LogP contribution in [0.3, 0.4) is 0 Å². The molecular formula is C21H24N2O2. The third kappa shape index (κ3) is 4.94. The van der Waals surface area contributed by atoms with Gasteiger partial charge in [0.05, 0.1) is 7.11 Å². The van der Waals surface area contributed by atoms with Gasteiger partial charge in [0, 0.05) is 31.8 Å². The number of methoxy groups -OCH3 is 1. The number of rotatable bonds is 6. The number of hydrogen-bond acceptors (Lipinski definition) is 3. The highest BCUT2D eigenvalue weighted by atomic mass is 16.5. The van der Waals surface area contributed by atoms with Gasteiger partial charge in [0.25, 0.3) is 0 Å². The fourth-order valence-corrected chi connectivity index (χ4v) is 2.98. The minimum absolute atomic E-state index is 0.0298. The van der Waals surface area contributed by atoms with E-state index < -0.39 is 0 Å². The van der Waals surface area contributed by atoms with Gasteiger partial charge in [0.15, 0.2) is 0 Å². The van der Waals surface area contributed by atoms with Gasteiger partial charge in [-0.2, -0.15) is 0 Å². The van der Waals surface area contributed by atoms with E-state index in [-0.39, 0.29) is 5.91 Å². The van der Waals surface area contributed by atoms with Gasteiger partial charge in [0.2, 0.25) is 5.91 Å². The van der Waals surface area contributed by atoms with Gasteiger partial charge in [-0.25, -0.2) is 0 Å². The highest BCUT2D eigenvalue weighted by molar-refractivity contribution is 5.93. The lowest BCUT2D eigenvalue weighted by atomic mass is 10.1. The summed E-state index contributed by atoms with van der Waals surface area (Å²) >= 11 is 0. The van der Waals surface area contributed by atoms with Crippen LogP contribution >= 0.6 is 0 Å². The number of hydrogen-bond donors (Lipinski definition) is 1. The van der Waals surface area contributed by atoms with E-state index in [0.29, 0.717) is 6.54 Å². The van der Waals surface area contributed by atoms with Gasteiger partial charge < -0.3 is 10.1 Å². The normalized spacial score (nSPS) is 14.7. The van der Waals surface area contributed by atoms with Crippen molar-refractivity contribution in [2.24, 2.45) is 0 Å². The van der Waals surface area contributed by atoms with Crippen LogP contribution in [0, 0.1) is 0 Å². The quantitative estimate of drug-likeness (QED) is 0.881. The average molecular weight is 336 g/mol. The fourth-order valence-electron chi connectivity index (χ4n) is 2.98. The first kappa shape index (κ1) is 17.2. The van der Waals surface area contributed by atoms with Crippen molar-refractivity contribution in [2.45, 2.75) is 19.5 Å². The molecule has 0 unspecified atom stereocenters. The Kier molecular flexibility index (Phi) is 5.86. The second-order valence-corrected chi connectivity index (χ2v) is 6.23. The van der Waals surface area contributed by atoms with E-state index in [2.05, 4.69) is 34.5 Å². The molecule has 0 radical (unpaired) electrons. The number of nitrogens with one attached hydrogen (secondary N) is 1. The third-order valence-corrected chi connectivity index (χ3v) is 4.42. The maximum Gasteiger partial charge on any atom is 0.247 e. The first-order valence-electron chi connectivity index (χ1n) is 8.61. The molecule has 1 amide bonds. The second kappa shape index (κ2) is 8.49. The molecule has 4 heteroatoms. The van der Waals surface area contributed by atoms with Crippen LogP contribution in [0.2, 0.25) is 0 Å². The first-order chi connectivity index (χ1) is 12.2. The minimum Gasteiger partial charge on any atom is -0.497 e. The second-order valence-electron chi connectivity index (χ2n) is 6.23. The van der Waals surface area contributed by atoms with Crippen molar-refractivity contribution in [3.05, 3.63) is 77.4 Å². The van der Waals surface area contributed by atoms with Crippen LogP contribution in [0.15, 0.2) is 66.2 Å². The molecule has 1 heterocycles. The number of amides is 1. The lowest BCUT2D eigenvalue weighted by molar-refractivity contribution is -0.117. The van der Waals surface area contributed by atoms with E-state index in [4.69, 9.17) is 4.74 Å². The summed E-state index contributed by atoms with van der Waals surface area (Å²) in [4.78, 5) is 14.7. The molecule has 0 bridgehead atoms. The van der Waals surface area contributed by atoms with Gasteiger partial charge in [-0.3, -0.25) is 9.69 Å². The van der Waals surface area contributed by atoms with Crippen LogP contribution in [0.4, 0.5) is 0 Å². The smallest absolute Gasteiger partial charge is 0.247 e. The average Bonchev–Trinajstić information content (AvgIpc) is 2.67. The van der Waals surface area contributed by atoms with Crippen molar-refractivity contribution >= 4 is 5.91 Å². The summed E-state index contributed by atoms with van der Waals surface area (Å²) in [6.07, 6.45) is 2.84. The van der Waals surface area contributed by atoms with E-state index in [1.165, 1.54) is 5.56 Å². The van der Waals surface area contributed by atoms with Crippen LogP contribution in [-0.2, 0) is 17.9 Å². The summed E-state index contributed by atoms with van der Waals surface area (Å²) in [7, 11) is 1.64. The molecule has 3 rings (SSSR count). The maximum absolute atomic E-state index is 12.4. The Bertz CT molecular complexity index is 741. The van der Waals surface area contributed by atoms with Crippen LogP contribution in [0.25, 0.3) is 0 Å². The Morgan fingerprint density at radius 3 is 2.64 bits per heavy atom. The third-order valence-electron chi connectivity index (χ3n) is 4.42. The Morgan fingerprint density at radius 2 is 1.92 bits per heavy atom. The molecule has 0 saturated carbocycles. The first-order valence-corrected chi connectivity index (χ1v) is 8.61. The number of carbonyl (C=O) groups is 1. The maximum atomic E-state index is 12.4. The van der Waals surface area contributed by atoms with Gasteiger partial charge in [0.1, 0.15) is 5.75 Å². The highest BCUT2D eigenvalue weighted by Gasteiger charge is 2.16. The monoisotopic (exact) mass is 336 g/mol. The molecule has 2 aromatic carbocycles. The van der Waals surface area contributed by atoms with Crippen LogP contribution in [0.1, 0.15) is 17.5 Å². The molecule has 0 aromatic heterocycles. The van der Waals surface area contributed by atoms with E-state index >= 15 is 0 Å². The molecule has 2 aromatic rings. The molecule has 4 nitrogen and oxygen atoms in total. The summed E-state index contributed by atoms with van der Waals surface area (Å²) in [5.41, 5.74) is 3.23. The predicted octanol–water partition coefficient (Wildman–Crippen LogP) is 3.14. The van der Waals surface area contributed by atoms with Crippen LogP contribution < -0.4 is 10.1 Å². The Hall–Kier alpha value is -2.59. The zero-order chi connectivity index (χ0) is 17.5. The van der Waals surface area contributed by atoms with E-state index in [1.807, 2.05) is 36.4 Å². The van der Waals surface area contributed by atoms with E-state index in [9.17, 15) is 4.79 Å². The predicted molar refractivity (Wildman–Crippen MR) is 99.3 cm³/mol. The largest absolute Gasteiger partial charge is 0.497 e. The van der Waals surface area contributed by atoms with Crippen molar-refractivity contribution in [3.63, 3.8) is 0 Å². The Morgan fingerprint density at radius 1 is 1.12 bits per heavy atom. The van der Waals surface area contributed by atoms with Crippen molar-refractivity contribution in [1.29, 1.82) is 0 Å². The molecule has 130 valence electrons. The van der Waals surface area contributed by atoms with Crippen molar-refractivity contribution in [3.8, 4) is 5.75 Å². The van der Waals surface area contributed by atoms with Crippen molar-refractivity contribution < 1.29 is 9.53 Å². The van der Waals surface area contributed by atoms with Gasteiger partial charge in [-0.05, 0) is 29.7 Å². The fraction of sp³-hybridized carbons (Fsp3) is 0.286. The summed E-state index contributed by atoms with van der Waals surface area (Å²) in [6.45, 7) is 3.17. The number of carbonyl (C=O) groups excluding carboxylic acids is 1. The summed E-state index contributed by atoms with van der Waals surface area (Å²) < 4.78 is 5.21. The molecule has 0 aliphatic carbocycles. The summed E-state index contributed by atoms with van der Waals surface area (Å²) in [5, 5.41) is 3.00. The SMILES string of the molecule is COc1cccc(CNC(=O)C2=CCN(Cc3ccccc3)CC2)c1. The molecule has 1 N–H and O–H groups in total. The Balaban J connectivity index is 1.50. The molecule has 1 aliphatic heterocycles. The molecule has 0 spiro atoms. The zero-order valence-electron chi connectivity index (χ0n) is 14.6. The van der Waals surface area contributed by atoms with E-state index in [1.54, 1.807) is 7.11 Å². The standard InChI is InChI=1S/C21H24N2O2/c1-25-20-9-5-8-18(14-20)15-22-21(24)19-10-12-23(13-11-19)16-17-6-3-2-4-7-17/h2-10,14H,11-13,15-16H2,1H3,(H,22,24). The van der Waals surface area contributed by atoms with E-state index in [0.717, 1.165) is 42.9 Å². The Labute approximate surface area is 149 Å². The minimum atomic E-state index is 0.0298. The van der Waals surface area contributed by atoms with Crippen molar-refractivity contribution in [2.75, 3.05) is 20.2 Å². The number of ether oxygens (including phenoxy) is 1.